The number of hydrogen-bond acceptors (Lipinski definition) is 2. The molecule has 6 aromatic carbocycles. The Balaban J connectivity index is 1.28. The molecule has 0 bridgehead atoms. The molecule has 0 radical (unpaired) electrons. The predicted molar refractivity (Wildman–Crippen MR) is 181 cm³/mol. The quantitative estimate of drug-likeness (QED) is 0.204. The van der Waals surface area contributed by atoms with Crippen LogP contribution in [0.2, 0.25) is 0 Å². The minimum Gasteiger partial charge on any atom is -0.251 e. The summed E-state index contributed by atoms with van der Waals surface area (Å²) in [7, 11) is 0. The third kappa shape index (κ3) is 4.45. The zero-order valence-electron chi connectivity index (χ0n) is 23.8. The van der Waals surface area contributed by atoms with E-state index in [1.54, 1.807) is 0 Å². The Morgan fingerprint density at radius 3 is 1.49 bits per heavy atom. The lowest BCUT2D eigenvalue weighted by molar-refractivity contribution is 1.18. The highest BCUT2D eigenvalue weighted by Gasteiger charge is 2.17. The highest BCUT2D eigenvalue weighted by atomic mass is 14.8. The van der Waals surface area contributed by atoms with E-state index in [1.165, 1.54) is 54.6 Å². The Kier molecular flexibility index (Phi) is 6.05. The molecule has 8 aromatic rings. The molecule has 0 saturated carbocycles. The summed E-state index contributed by atoms with van der Waals surface area (Å²) < 4.78 is 0. The van der Waals surface area contributed by atoms with Crippen LogP contribution in [0.4, 0.5) is 0 Å². The molecular weight excluding hydrogens is 520 g/mol. The summed E-state index contributed by atoms with van der Waals surface area (Å²) in [5.74, 6) is 0. The van der Waals surface area contributed by atoms with Crippen molar-refractivity contribution < 1.29 is 0 Å². The average Bonchev–Trinajstić information content (AvgIpc) is 3.07. The van der Waals surface area contributed by atoms with Gasteiger partial charge in [-0.1, -0.05) is 121 Å². The van der Waals surface area contributed by atoms with Crippen molar-refractivity contribution in [2.75, 3.05) is 0 Å². The first-order chi connectivity index (χ1) is 21.2. The molecule has 2 aromatic heterocycles. The second-order valence-corrected chi connectivity index (χ2v) is 11.1. The van der Waals surface area contributed by atoms with Gasteiger partial charge >= 0.3 is 0 Å². The van der Waals surface area contributed by atoms with Crippen LogP contribution in [0.5, 0.6) is 0 Å². The summed E-state index contributed by atoms with van der Waals surface area (Å²) in [6.45, 7) is 2.01. The van der Waals surface area contributed by atoms with E-state index in [2.05, 4.69) is 132 Å². The van der Waals surface area contributed by atoms with Crippen molar-refractivity contribution in [1.29, 1.82) is 0 Å². The van der Waals surface area contributed by atoms with Crippen molar-refractivity contribution in [1.82, 2.24) is 9.97 Å². The second-order valence-electron chi connectivity index (χ2n) is 11.1. The van der Waals surface area contributed by atoms with Crippen molar-refractivity contribution in [3.8, 4) is 44.9 Å². The third-order valence-corrected chi connectivity index (χ3v) is 8.34. The van der Waals surface area contributed by atoms with Crippen LogP contribution in [-0.4, -0.2) is 9.97 Å². The average molecular weight is 549 g/mol. The van der Waals surface area contributed by atoms with Gasteiger partial charge in [0.1, 0.15) is 0 Å². The molecule has 2 heteroatoms. The number of fused-ring (bicyclic) bond motifs is 3. The van der Waals surface area contributed by atoms with Crippen LogP contribution in [0.15, 0.2) is 152 Å². The first kappa shape index (κ1) is 25.1. The lowest BCUT2D eigenvalue weighted by Crippen LogP contribution is -1.92. The van der Waals surface area contributed by atoms with Gasteiger partial charge in [-0.05, 0) is 91.8 Å². The van der Waals surface area contributed by atoms with Crippen molar-refractivity contribution in [3.05, 3.63) is 157 Å². The minimum absolute atomic E-state index is 0.881. The summed E-state index contributed by atoms with van der Waals surface area (Å²) in [4.78, 5) is 9.63. The molecular formula is C41H28N2. The molecule has 0 fully saturated rings. The molecule has 0 N–H and O–H groups in total. The molecule has 0 saturated heterocycles. The summed E-state index contributed by atoms with van der Waals surface area (Å²) in [6.07, 6.45) is 0. The number of aryl methyl sites for hydroxylation is 1. The molecule has 0 aliphatic carbocycles. The number of aromatic nitrogens is 2. The van der Waals surface area contributed by atoms with E-state index in [0.29, 0.717) is 0 Å². The molecule has 0 aliphatic heterocycles. The van der Waals surface area contributed by atoms with Crippen molar-refractivity contribution >= 4 is 32.3 Å². The van der Waals surface area contributed by atoms with Gasteiger partial charge in [-0.3, -0.25) is 4.98 Å². The minimum atomic E-state index is 0.881. The summed E-state index contributed by atoms with van der Waals surface area (Å²) in [5, 5.41) is 7.53. The van der Waals surface area contributed by atoms with Gasteiger partial charge in [-0.2, -0.15) is 0 Å². The molecule has 0 amide bonds. The van der Waals surface area contributed by atoms with Gasteiger partial charge in [-0.25, -0.2) is 4.98 Å². The topological polar surface area (TPSA) is 25.8 Å². The molecule has 202 valence electrons. The predicted octanol–water partition coefficient (Wildman–Crippen LogP) is 10.9. The van der Waals surface area contributed by atoms with Gasteiger partial charge in [0.15, 0.2) is 0 Å². The van der Waals surface area contributed by atoms with E-state index in [0.717, 1.165) is 28.3 Å². The van der Waals surface area contributed by atoms with E-state index in [1.807, 2.05) is 31.2 Å². The maximum atomic E-state index is 4.96. The fourth-order valence-electron chi connectivity index (χ4n) is 6.33. The number of rotatable bonds is 4. The fraction of sp³-hybridized carbons (Fsp3) is 0.0244. The van der Waals surface area contributed by atoms with Crippen LogP contribution in [0.25, 0.3) is 77.2 Å². The molecule has 2 nitrogen and oxygen atoms in total. The monoisotopic (exact) mass is 548 g/mol. The van der Waals surface area contributed by atoms with E-state index in [9.17, 15) is 0 Å². The number of hydrogen-bond donors (Lipinski definition) is 0. The lowest BCUT2D eigenvalue weighted by Gasteiger charge is -2.18. The SMILES string of the molecule is Cc1cccc(-c2cccc(-c3ccc(-c4c5ccccc5c(-c5ccc6ccccc6c5)c5ccccc45)cc3)n2)n1. The first-order valence-electron chi connectivity index (χ1n) is 14.7. The van der Waals surface area contributed by atoms with Crippen molar-refractivity contribution in [3.63, 3.8) is 0 Å². The van der Waals surface area contributed by atoms with Crippen LogP contribution >= 0.6 is 0 Å². The van der Waals surface area contributed by atoms with Gasteiger partial charge in [0.2, 0.25) is 0 Å². The summed E-state index contributed by atoms with van der Waals surface area (Å²) in [5.41, 5.74) is 9.75. The zero-order chi connectivity index (χ0) is 28.8. The van der Waals surface area contributed by atoms with Gasteiger partial charge in [0, 0.05) is 11.3 Å². The summed E-state index contributed by atoms with van der Waals surface area (Å²) >= 11 is 0. The van der Waals surface area contributed by atoms with Crippen LogP contribution in [0, 0.1) is 6.92 Å². The molecule has 0 aliphatic rings. The van der Waals surface area contributed by atoms with Crippen molar-refractivity contribution in [2.24, 2.45) is 0 Å². The van der Waals surface area contributed by atoms with Gasteiger partial charge in [0.25, 0.3) is 0 Å². The maximum absolute atomic E-state index is 4.96. The highest BCUT2D eigenvalue weighted by Crippen LogP contribution is 2.44. The van der Waals surface area contributed by atoms with Gasteiger partial charge in [0.05, 0.1) is 17.1 Å². The molecule has 0 spiro atoms. The molecule has 8 rings (SSSR count). The van der Waals surface area contributed by atoms with E-state index >= 15 is 0 Å². The Bertz CT molecular complexity index is 2240. The standard InChI is InChI=1S/C41H28N2/c1-27-10-8-18-38(42-27)39-19-9-17-37(43-39)29-21-23-30(24-22-29)40-33-13-4-6-15-35(33)41(36-16-7-5-14-34(36)40)32-25-20-28-11-2-3-12-31(28)26-32/h2-26H,1H3. The second kappa shape index (κ2) is 10.3. The van der Waals surface area contributed by atoms with Crippen LogP contribution in [0.3, 0.4) is 0 Å². The Labute approximate surface area is 251 Å². The number of pyridine rings is 2. The van der Waals surface area contributed by atoms with Crippen molar-refractivity contribution in [2.45, 2.75) is 6.92 Å². The smallest absolute Gasteiger partial charge is 0.0893 e. The molecule has 0 unspecified atom stereocenters. The Morgan fingerprint density at radius 2 is 0.837 bits per heavy atom. The van der Waals surface area contributed by atoms with Gasteiger partial charge < -0.3 is 0 Å². The molecule has 0 atom stereocenters. The van der Waals surface area contributed by atoms with Crippen LogP contribution in [0.1, 0.15) is 5.69 Å². The van der Waals surface area contributed by atoms with Gasteiger partial charge in [-0.15, -0.1) is 0 Å². The summed E-state index contributed by atoms with van der Waals surface area (Å²) in [6, 6.07) is 54.1. The fourth-order valence-corrected chi connectivity index (χ4v) is 6.33. The number of benzene rings is 6. The van der Waals surface area contributed by atoms with E-state index in [-0.39, 0.29) is 0 Å². The van der Waals surface area contributed by atoms with Crippen LogP contribution in [-0.2, 0) is 0 Å². The lowest BCUT2D eigenvalue weighted by atomic mass is 9.85. The van der Waals surface area contributed by atoms with Crippen LogP contribution < -0.4 is 0 Å². The molecule has 2 heterocycles. The number of nitrogens with zero attached hydrogens (tertiary/aromatic N) is 2. The van der Waals surface area contributed by atoms with E-state index < -0.39 is 0 Å². The first-order valence-corrected chi connectivity index (χ1v) is 14.7. The largest absolute Gasteiger partial charge is 0.251 e. The highest BCUT2D eigenvalue weighted by molar-refractivity contribution is 6.21. The van der Waals surface area contributed by atoms with E-state index in [4.69, 9.17) is 4.98 Å². The molecule has 43 heavy (non-hydrogen) atoms. The normalized spacial score (nSPS) is 11.4. The Morgan fingerprint density at radius 1 is 0.349 bits per heavy atom. The third-order valence-electron chi connectivity index (χ3n) is 8.34. The zero-order valence-corrected chi connectivity index (χ0v) is 23.8. The Hall–Kier alpha value is -5.60. The maximum Gasteiger partial charge on any atom is 0.0893 e.